The van der Waals surface area contributed by atoms with Crippen LogP contribution in [-0.4, -0.2) is 33.8 Å². The molecule has 0 aromatic heterocycles. The van der Waals surface area contributed by atoms with Gasteiger partial charge in [-0.2, -0.15) is 0 Å². The number of hydrogen-bond acceptors (Lipinski definition) is 5. The van der Waals surface area contributed by atoms with Crippen molar-refractivity contribution in [3.8, 4) is 0 Å². The quantitative estimate of drug-likeness (QED) is 0.773. The van der Waals surface area contributed by atoms with Crippen LogP contribution in [0.15, 0.2) is 24.3 Å². The van der Waals surface area contributed by atoms with Gasteiger partial charge in [-0.1, -0.05) is 6.92 Å². The van der Waals surface area contributed by atoms with Crippen LogP contribution in [-0.2, 0) is 19.6 Å². The van der Waals surface area contributed by atoms with Crippen LogP contribution >= 0.6 is 0 Å². The molecule has 106 valence electrons. The topological polar surface area (TPSA) is 84.5 Å². The van der Waals surface area contributed by atoms with Gasteiger partial charge in [-0.3, -0.25) is 4.72 Å². The minimum atomic E-state index is -3.28. The van der Waals surface area contributed by atoms with Crippen molar-refractivity contribution < 1.29 is 17.9 Å². The van der Waals surface area contributed by atoms with Crippen LogP contribution in [0.5, 0.6) is 0 Å². The Bertz CT molecular complexity index is 525. The second-order valence-corrected chi connectivity index (χ2v) is 5.83. The summed E-state index contributed by atoms with van der Waals surface area (Å²) in [5.41, 5.74) is 1.19. The van der Waals surface area contributed by atoms with Crippen LogP contribution in [0, 0.1) is 0 Å². The van der Waals surface area contributed by atoms with Crippen molar-refractivity contribution in [2.24, 2.45) is 0 Å². The van der Waals surface area contributed by atoms with Gasteiger partial charge in [-0.15, -0.1) is 0 Å². The van der Waals surface area contributed by atoms with Gasteiger partial charge in [0, 0.05) is 11.4 Å². The Morgan fingerprint density at radius 1 is 1.26 bits per heavy atom. The van der Waals surface area contributed by atoms with Gasteiger partial charge in [-0.25, -0.2) is 13.2 Å². The van der Waals surface area contributed by atoms with Crippen LogP contribution in [0.2, 0.25) is 0 Å². The molecule has 0 aliphatic carbocycles. The fraction of sp³-hybridized carbons (Fsp3) is 0.417. The van der Waals surface area contributed by atoms with Crippen molar-refractivity contribution >= 4 is 27.4 Å². The molecular weight excluding hydrogens is 268 g/mol. The predicted molar refractivity (Wildman–Crippen MR) is 74.6 cm³/mol. The number of benzene rings is 1. The van der Waals surface area contributed by atoms with Crippen molar-refractivity contribution in [3.63, 3.8) is 0 Å². The van der Waals surface area contributed by atoms with E-state index in [0.717, 1.165) is 11.9 Å². The number of esters is 1. The molecule has 1 aromatic rings. The van der Waals surface area contributed by atoms with Crippen LogP contribution in [0.3, 0.4) is 0 Å². The fourth-order valence-electron chi connectivity index (χ4n) is 1.52. The smallest absolute Gasteiger partial charge is 0.328 e. The Kier molecular flexibility index (Phi) is 5.17. The van der Waals surface area contributed by atoms with Gasteiger partial charge >= 0.3 is 5.97 Å². The number of anilines is 2. The third-order valence-electron chi connectivity index (χ3n) is 2.42. The highest BCUT2D eigenvalue weighted by atomic mass is 32.2. The Labute approximate surface area is 113 Å². The summed E-state index contributed by atoms with van der Waals surface area (Å²) >= 11 is 0. The van der Waals surface area contributed by atoms with E-state index >= 15 is 0 Å². The summed E-state index contributed by atoms with van der Waals surface area (Å²) in [5.74, 6) is -0.333. The molecule has 1 atom stereocenters. The largest absolute Gasteiger partial charge is 0.467 e. The normalized spacial score (nSPS) is 12.6. The van der Waals surface area contributed by atoms with E-state index in [1.807, 2.05) is 6.92 Å². The SMILES string of the molecule is CCC(Nc1ccc(NS(C)(=O)=O)cc1)C(=O)OC. The molecule has 0 radical (unpaired) electrons. The maximum atomic E-state index is 11.4. The molecular formula is C12H18N2O4S. The minimum absolute atomic E-state index is 0.333. The van der Waals surface area contributed by atoms with E-state index in [9.17, 15) is 13.2 Å². The molecule has 19 heavy (non-hydrogen) atoms. The molecule has 1 unspecified atom stereocenters. The summed E-state index contributed by atoms with van der Waals surface area (Å²) < 4.78 is 29.1. The van der Waals surface area contributed by atoms with E-state index in [0.29, 0.717) is 12.1 Å². The first-order valence-electron chi connectivity index (χ1n) is 5.78. The second kappa shape index (κ2) is 6.42. The molecule has 7 heteroatoms. The zero-order valence-corrected chi connectivity index (χ0v) is 12.0. The molecule has 0 saturated carbocycles. The first kappa shape index (κ1) is 15.3. The summed E-state index contributed by atoms with van der Waals surface area (Å²) in [6.45, 7) is 1.87. The van der Waals surface area contributed by atoms with E-state index in [2.05, 4.69) is 14.8 Å². The summed E-state index contributed by atoms with van der Waals surface area (Å²) in [5, 5.41) is 3.02. The zero-order valence-electron chi connectivity index (χ0n) is 11.1. The predicted octanol–water partition coefficient (Wildman–Crippen LogP) is 1.42. The number of nitrogens with one attached hydrogen (secondary N) is 2. The number of carbonyl (C=O) groups is 1. The fourth-order valence-corrected chi connectivity index (χ4v) is 2.08. The summed E-state index contributed by atoms with van der Waals surface area (Å²) in [6.07, 6.45) is 1.68. The van der Waals surface area contributed by atoms with Gasteiger partial charge in [0.05, 0.1) is 13.4 Å². The van der Waals surface area contributed by atoms with E-state index in [4.69, 9.17) is 0 Å². The van der Waals surface area contributed by atoms with E-state index < -0.39 is 16.1 Å². The number of sulfonamides is 1. The lowest BCUT2D eigenvalue weighted by Crippen LogP contribution is -2.29. The van der Waals surface area contributed by atoms with Crippen molar-refractivity contribution in [2.75, 3.05) is 23.4 Å². The van der Waals surface area contributed by atoms with E-state index in [1.54, 1.807) is 24.3 Å². The summed E-state index contributed by atoms with van der Waals surface area (Å²) in [4.78, 5) is 11.4. The molecule has 0 saturated heterocycles. The van der Waals surface area contributed by atoms with Crippen molar-refractivity contribution in [2.45, 2.75) is 19.4 Å². The van der Waals surface area contributed by atoms with Gasteiger partial charge in [0.25, 0.3) is 0 Å². The highest BCUT2D eigenvalue weighted by Crippen LogP contribution is 2.16. The van der Waals surface area contributed by atoms with Gasteiger partial charge < -0.3 is 10.1 Å². The Morgan fingerprint density at radius 2 is 1.79 bits per heavy atom. The molecule has 0 amide bonds. The van der Waals surface area contributed by atoms with Crippen molar-refractivity contribution in [1.29, 1.82) is 0 Å². The van der Waals surface area contributed by atoms with Crippen LogP contribution in [0.4, 0.5) is 11.4 Å². The van der Waals surface area contributed by atoms with Crippen molar-refractivity contribution in [1.82, 2.24) is 0 Å². The lowest BCUT2D eigenvalue weighted by Gasteiger charge is -2.16. The van der Waals surface area contributed by atoms with Crippen LogP contribution in [0.25, 0.3) is 0 Å². The monoisotopic (exact) mass is 286 g/mol. The molecule has 6 nitrogen and oxygen atoms in total. The maximum absolute atomic E-state index is 11.4. The third kappa shape index (κ3) is 5.17. The van der Waals surface area contributed by atoms with E-state index in [-0.39, 0.29) is 5.97 Å². The molecule has 1 rings (SSSR count). The average Bonchev–Trinajstić information content (AvgIpc) is 2.35. The highest BCUT2D eigenvalue weighted by Gasteiger charge is 2.16. The molecule has 0 aliphatic rings. The van der Waals surface area contributed by atoms with E-state index in [1.165, 1.54) is 7.11 Å². The Hall–Kier alpha value is -1.76. The van der Waals surface area contributed by atoms with Gasteiger partial charge in [0.1, 0.15) is 6.04 Å². The summed E-state index contributed by atoms with van der Waals surface area (Å²) in [7, 11) is -1.94. The number of carbonyl (C=O) groups excluding carboxylic acids is 1. The molecule has 0 fully saturated rings. The molecule has 1 aromatic carbocycles. The minimum Gasteiger partial charge on any atom is -0.467 e. The molecule has 0 spiro atoms. The third-order valence-corrected chi connectivity index (χ3v) is 3.03. The van der Waals surface area contributed by atoms with Crippen molar-refractivity contribution in [3.05, 3.63) is 24.3 Å². The lowest BCUT2D eigenvalue weighted by atomic mass is 10.2. The van der Waals surface area contributed by atoms with Crippen LogP contribution in [0.1, 0.15) is 13.3 Å². The highest BCUT2D eigenvalue weighted by molar-refractivity contribution is 7.92. The number of methoxy groups -OCH3 is 1. The average molecular weight is 286 g/mol. The molecule has 0 bridgehead atoms. The zero-order chi connectivity index (χ0) is 14.5. The van der Waals surface area contributed by atoms with Gasteiger partial charge in [0.15, 0.2) is 0 Å². The number of ether oxygens (including phenoxy) is 1. The Balaban J connectivity index is 2.73. The Morgan fingerprint density at radius 3 is 2.21 bits per heavy atom. The number of hydrogen-bond donors (Lipinski definition) is 2. The summed E-state index contributed by atoms with van der Waals surface area (Å²) in [6, 6.07) is 6.21. The molecule has 0 heterocycles. The lowest BCUT2D eigenvalue weighted by molar-refractivity contribution is -0.141. The number of rotatable bonds is 6. The molecule has 0 aliphatic heterocycles. The maximum Gasteiger partial charge on any atom is 0.328 e. The second-order valence-electron chi connectivity index (χ2n) is 4.08. The first-order valence-corrected chi connectivity index (χ1v) is 7.67. The van der Waals surface area contributed by atoms with Crippen LogP contribution < -0.4 is 10.0 Å². The molecule has 2 N–H and O–H groups in total. The van der Waals surface area contributed by atoms with Gasteiger partial charge in [0.2, 0.25) is 10.0 Å². The first-order chi connectivity index (χ1) is 8.85. The van der Waals surface area contributed by atoms with Gasteiger partial charge in [-0.05, 0) is 30.7 Å². The standard InChI is InChI=1S/C12H18N2O4S/c1-4-11(12(15)18-2)13-9-5-7-10(8-6-9)14-19(3,16)17/h5-8,11,13-14H,4H2,1-3H3.